The minimum atomic E-state index is -0.747. The highest BCUT2D eigenvalue weighted by molar-refractivity contribution is 5.99. The molecule has 7 heteroatoms. The normalized spacial score (nSPS) is 18.7. The number of carbonyl (C=O) groups is 3. The molecule has 4 rings (SSSR count). The number of rotatable bonds is 4. The van der Waals surface area contributed by atoms with Gasteiger partial charge in [0, 0.05) is 32.1 Å². The molecule has 2 heterocycles. The van der Waals surface area contributed by atoms with E-state index in [1.165, 1.54) is 0 Å². The molecule has 0 radical (unpaired) electrons. The quantitative estimate of drug-likeness (QED) is 0.752. The summed E-state index contributed by atoms with van der Waals surface area (Å²) >= 11 is 0. The van der Waals surface area contributed by atoms with Crippen molar-refractivity contribution in [3.63, 3.8) is 0 Å². The minimum absolute atomic E-state index is 0.0263. The van der Waals surface area contributed by atoms with Gasteiger partial charge in [0.05, 0.1) is 12.2 Å². The number of hydrogen-bond donors (Lipinski definition) is 1. The molecule has 1 N–H and O–H groups in total. The van der Waals surface area contributed by atoms with E-state index in [1.807, 2.05) is 54.6 Å². The highest BCUT2D eigenvalue weighted by Crippen LogP contribution is 2.35. The molecule has 1 saturated heterocycles. The minimum Gasteiger partial charge on any atom is -0.477 e. The van der Waals surface area contributed by atoms with Crippen LogP contribution in [-0.4, -0.2) is 55.4 Å². The molecule has 1 fully saturated rings. The molecule has 166 valence electrons. The van der Waals surface area contributed by atoms with E-state index in [9.17, 15) is 14.4 Å². The number of nitrogens with zero attached hydrogens (tertiary/aromatic N) is 2. The van der Waals surface area contributed by atoms with E-state index in [0.717, 1.165) is 5.56 Å². The second-order valence-corrected chi connectivity index (χ2v) is 7.98. The molecule has 0 bridgehead atoms. The van der Waals surface area contributed by atoms with Gasteiger partial charge in [-0.15, -0.1) is 0 Å². The van der Waals surface area contributed by atoms with E-state index in [2.05, 4.69) is 5.32 Å². The Morgan fingerprint density at radius 3 is 2.41 bits per heavy atom. The summed E-state index contributed by atoms with van der Waals surface area (Å²) in [5.74, 6) is -0.00587. The van der Waals surface area contributed by atoms with E-state index < -0.39 is 6.10 Å². The van der Waals surface area contributed by atoms with Gasteiger partial charge in [0.15, 0.2) is 6.10 Å². The van der Waals surface area contributed by atoms with Crippen molar-refractivity contribution in [1.29, 1.82) is 0 Å². The maximum Gasteiger partial charge on any atom is 0.262 e. The zero-order valence-electron chi connectivity index (χ0n) is 18.1. The molecule has 7 nitrogen and oxygen atoms in total. The van der Waals surface area contributed by atoms with Gasteiger partial charge in [-0.05, 0) is 36.6 Å². The number of para-hydroxylation sites is 2. The van der Waals surface area contributed by atoms with Crippen molar-refractivity contribution in [2.45, 2.75) is 18.9 Å². The Hall–Kier alpha value is -3.61. The fourth-order valence-corrected chi connectivity index (χ4v) is 4.14. The Bertz CT molecular complexity index is 1010. The number of hydrogen-bond acceptors (Lipinski definition) is 4. The molecule has 32 heavy (non-hydrogen) atoms. The highest BCUT2D eigenvalue weighted by atomic mass is 16.5. The van der Waals surface area contributed by atoms with Crippen LogP contribution in [-0.2, 0) is 14.4 Å². The van der Waals surface area contributed by atoms with Crippen molar-refractivity contribution < 1.29 is 19.1 Å². The van der Waals surface area contributed by atoms with Crippen LogP contribution in [0.1, 0.15) is 18.4 Å². The van der Waals surface area contributed by atoms with Gasteiger partial charge in [-0.25, -0.2) is 0 Å². The van der Waals surface area contributed by atoms with Gasteiger partial charge in [0.25, 0.3) is 5.91 Å². The lowest BCUT2D eigenvalue weighted by molar-refractivity contribution is -0.132. The average Bonchev–Trinajstić information content (AvgIpc) is 2.86. The third-order valence-electron chi connectivity index (χ3n) is 5.95. The van der Waals surface area contributed by atoms with E-state index in [1.54, 1.807) is 29.0 Å². The molecule has 0 aliphatic carbocycles. The summed E-state index contributed by atoms with van der Waals surface area (Å²) in [7, 11) is 1.55. The average molecular weight is 434 g/mol. The molecule has 2 aromatic rings. The topological polar surface area (TPSA) is 79.0 Å². The summed E-state index contributed by atoms with van der Waals surface area (Å²) in [5, 5.41) is 2.59. The number of ether oxygens (including phenoxy) is 1. The van der Waals surface area contributed by atoms with Crippen LogP contribution < -0.4 is 15.0 Å². The number of likely N-dealkylation sites (N-methyl/N-ethyl adjacent to an activating group) is 1. The number of anilines is 1. The van der Waals surface area contributed by atoms with Gasteiger partial charge in [-0.1, -0.05) is 42.5 Å². The Balaban J connectivity index is 1.40. The van der Waals surface area contributed by atoms with Crippen LogP contribution >= 0.6 is 0 Å². The van der Waals surface area contributed by atoms with E-state index >= 15 is 0 Å². The van der Waals surface area contributed by atoms with Gasteiger partial charge in [0.2, 0.25) is 11.8 Å². The first kappa shape index (κ1) is 21.6. The standard InChI is InChI=1S/C25H27N3O4/c1-26-24(30)22-17-28(20-9-5-6-10-21(20)32-22)25(31)19-13-15-27(16-14-19)23(29)12-11-18-7-3-2-4-8-18/h2-12,19,22H,13-17H2,1H3,(H,26,30)/b12-11+. The van der Waals surface area contributed by atoms with Crippen LogP contribution in [0.3, 0.4) is 0 Å². The number of nitrogens with one attached hydrogen (secondary N) is 1. The first-order chi connectivity index (χ1) is 15.6. The van der Waals surface area contributed by atoms with Crippen LogP contribution in [0, 0.1) is 5.92 Å². The molecule has 0 spiro atoms. The summed E-state index contributed by atoms with van der Waals surface area (Å²) < 4.78 is 5.80. The van der Waals surface area contributed by atoms with E-state index in [-0.39, 0.29) is 30.2 Å². The summed E-state index contributed by atoms with van der Waals surface area (Å²) in [6, 6.07) is 17.0. The molecule has 0 saturated carbocycles. The lowest BCUT2D eigenvalue weighted by Gasteiger charge is -2.38. The van der Waals surface area contributed by atoms with Crippen LogP contribution in [0.5, 0.6) is 5.75 Å². The Labute approximate surface area is 187 Å². The third-order valence-corrected chi connectivity index (χ3v) is 5.95. The highest BCUT2D eigenvalue weighted by Gasteiger charge is 2.37. The lowest BCUT2D eigenvalue weighted by Crippen LogP contribution is -2.52. The first-order valence-electron chi connectivity index (χ1n) is 10.9. The zero-order valence-corrected chi connectivity index (χ0v) is 18.1. The van der Waals surface area contributed by atoms with E-state index in [0.29, 0.717) is 37.4 Å². The Morgan fingerprint density at radius 2 is 1.69 bits per heavy atom. The van der Waals surface area contributed by atoms with Crippen LogP contribution in [0.25, 0.3) is 6.08 Å². The number of benzene rings is 2. The van der Waals surface area contributed by atoms with Crippen molar-refractivity contribution in [3.05, 3.63) is 66.2 Å². The smallest absolute Gasteiger partial charge is 0.262 e. The van der Waals surface area contributed by atoms with Crippen LogP contribution in [0.15, 0.2) is 60.7 Å². The number of likely N-dealkylation sites (tertiary alicyclic amines) is 1. The molecule has 2 aromatic carbocycles. The summed E-state index contributed by atoms with van der Waals surface area (Å²) in [6.45, 7) is 1.23. The number of carbonyl (C=O) groups excluding carboxylic acids is 3. The van der Waals surface area contributed by atoms with Crippen molar-refractivity contribution in [1.82, 2.24) is 10.2 Å². The predicted molar refractivity (Wildman–Crippen MR) is 122 cm³/mol. The number of amides is 3. The fourth-order valence-electron chi connectivity index (χ4n) is 4.14. The van der Waals surface area contributed by atoms with Crippen LogP contribution in [0.4, 0.5) is 5.69 Å². The molecule has 1 unspecified atom stereocenters. The molecule has 3 amide bonds. The Kier molecular flexibility index (Phi) is 6.54. The molecule has 2 aliphatic heterocycles. The Morgan fingerprint density at radius 1 is 1.00 bits per heavy atom. The monoisotopic (exact) mass is 433 g/mol. The van der Waals surface area contributed by atoms with Gasteiger partial charge in [0.1, 0.15) is 5.75 Å². The summed E-state index contributed by atoms with van der Waals surface area (Å²) in [5.41, 5.74) is 1.66. The van der Waals surface area contributed by atoms with Crippen molar-refractivity contribution in [2.75, 3.05) is 31.6 Å². The molecular formula is C25H27N3O4. The SMILES string of the molecule is CNC(=O)C1CN(C(=O)C2CCN(C(=O)/C=C/c3ccccc3)CC2)c2ccccc2O1. The molecule has 2 aliphatic rings. The van der Waals surface area contributed by atoms with Crippen molar-refractivity contribution in [3.8, 4) is 5.75 Å². The largest absolute Gasteiger partial charge is 0.477 e. The van der Waals surface area contributed by atoms with Crippen molar-refractivity contribution >= 4 is 29.5 Å². The molecule has 0 aromatic heterocycles. The predicted octanol–water partition coefficient (Wildman–Crippen LogP) is 2.48. The second kappa shape index (κ2) is 9.68. The van der Waals surface area contributed by atoms with Gasteiger partial charge in [-0.3, -0.25) is 14.4 Å². The number of piperidine rings is 1. The zero-order chi connectivity index (χ0) is 22.5. The third kappa shape index (κ3) is 4.66. The van der Waals surface area contributed by atoms with E-state index in [4.69, 9.17) is 4.74 Å². The van der Waals surface area contributed by atoms with Gasteiger partial charge >= 0.3 is 0 Å². The number of fused-ring (bicyclic) bond motifs is 1. The van der Waals surface area contributed by atoms with Crippen LogP contribution in [0.2, 0.25) is 0 Å². The second-order valence-electron chi connectivity index (χ2n) is 7.98. The van der Waals surface area contributed by atoms with Gasteiger partial charge in [-0.2, -0.15) is 0 Å². The summed E-state index contributed by atoms with van der Waals surface area (Å²) in [4.78, 5) is 41.6. The molecular weight excluding hydrogens is 406 g/mol. The maximum atomic E-state index is 13.4. The summed E-state index contributed by atoms with van der Waals surface area (Å²) in [6.07, 6.45) is 3.83. The van der Waals surface area contributed by atoms with Crippen molar-refractivity contribution in [2.24, 2.45) is 5.92 Å². The first-order valence-corrected chi connectivity index (χ1v) is 10.9. The molecule has 1 atom stereocenters. The van der Waals surface area contributed by atoms with Gasteiger partial charge < -0.3 is 19.9 Å². The maximum absolute atomic E-state index is 13.4. The fraction of sp³-hybridized carbons (Fsp3) is 0.320. The lowest BCUT2D eigenvalue weighted by atomic mass is 9.94.